The maximum absolute atomic E-state index is 12.0. The van der Waals surface area contributed by atoms with Crippen LogP contribution in [0.2, 0.25) is 0 Å². The van der Waals surface area contributed by atoms with Crippen LogP contribution in [-0.4, -0.2) is 21.2 Å². The van der Waals surface area contributed by atoms with Gasteiger partial charge in [-0.1, -0.05) is 46.9 Å². The van der Waals surface area contributed by atoms with Gasteiger partial charge in [0.25, 0.3) is 0 Å². The van der Waals surface area contributed by atoms with E-state index in [1.54, 1.807) is 18.0 Å². The Kier molecular flexibility index (Phi) is 5.39. The number of nitrogens with one attached hydrogen (secondary N) is 2. The van der Waals surface area contributed by atoms with Crippen molar-refractivity contribution in [2.45, 2.75) is 17.0 Å². The fourth-order valence-electron chi connectivity index (χ4n) is 1.84. The highest BCUT2D eigenvalue weighted by Crippen LogP contribution is 2.28. The molecular weight excluding hydrogens is 342 g/mol. The SMILES string of the molecule is Cc1ccc(NC(=O)Nc2nnc(SCc3cccnc3)s2)cc1. The Morgan fingerprint density at radius 3 is 2.75 bits per heavy atom. The number of aryl methyl sites for hydroxylation is 1. The number of benzene rings is 1. The van der Waals surface area contributed by atoms with Gasteiger partial charge in [-0.25, -0.2) is 4.79 Å². The quantitative estimate of drug-likeness (QED) is 0.529. The zero-order valence-corrected chi connectivity index (χ0v) is 14.5. The van der Waals surface area contributed by atoms with Crippen LogP contribution in [0.3, 0.4) is 0 Å². The van der Waals surface area contributed by atoms with Crippen molar-refractivity contribution in [1.29, 1.82) is 0 Å². The molecule has 0 aliphatic heterocycles. The summed E-state index contributed by atoms with van der Waals surface area (Å²) >= 11 is 2.90. The zero-order chi connectivity index (χ0) is 16.8. The van der Waals surface area contributed by atoms with E-state index in [0.29, 0.717) is 5.13 Å². The Labute approximate surface area is 147 Å². The normalized spacial score (nSPS) is 10.4. The molecule has 3 aromatic rings. The first-order valence-electron chi connectivity index (χ1n) is 7.19. The van der Waals surface area contributed by atoms with Crippen LogP contribution in [-0.2, 0) is 5.75 Å². The molecule has 24 heavy (non-hydrogen) atoms. The zero-order valence-electron chi connectivity index (χ0n) is 12.9. The van der Waals surface area contributed by atoms with Gasteiger partial charge in [-0.2, -0.15) is 0 Å². The Morgan fingerprint density at radius 2 is 2.00 bits per heavy atom. The molecule has 2 amide bonds. The van der Waals surface area contributed by atoms with E-state index in [1.807, 2.05) is 49.5 Å². The van der Waals surface area contributed by atoms with Crippen molar-refractivity contribution in [3.05, 3.63) is 59.9 Å². The molecule has 2 aromatic heterocycles. The highest BCUT2D eigenvalue weighted by atomic mass is 32.2. The number of hydrogen-bond donors (Lipinski definition) is 2. The fraction of sp³-hybridized carbons (Fsp3) is 0.125. The second-order valence-corrected chi connectivity index (χ2v) is 7.17. The number of carbonyl (C=O) groups is 1. The Balaban J connectivity index is 1.51. The molecule has 1 aromatic carbocycles. The average Bonchev–Trinajstić information content (AvgIpc) is 3.03. The number of aromatic nitrogens is 3. The molecule has 0 atom stereocenters. The van der Waals surface area contributed by atoms with E-state index in [0.717, 1.165) is 26.9 Å². The van der Waals surface area contributed by atoms with E-state index >= 15 is 0 Å². The van der Waals surface area contributed by atoms with E-state index in [-0.39, 0.29) is 6.03 Å². The summed E-state index contributed by atoms with van der Waals surface area (Å²) in [6, 6.07) is 11.2. The van der Waals surface area contributed by atoms with Gasteiger partial charge < -0.3 is 5.32 Å². The van der Waals surface area contributed by atoms with Gasteiger partial charge in [0.2, 0.25) is 5.13 Å². The van der Waals surface area contributed by atoms with Crippen molar-refractivity contribution in [3.63, 3.8) is 0 Å². The number of rotatable bonds is 5. The molecule has 0 aliphatic rings. The molecule has 6 nitrogen and oxygen atoms in total. The molecule has 8 heteroatoms. The number of carbonyl (C=O) groups excluding carboxylic acids is 1. The van der Waals surface area contributed by atoms with Gasteiger partial charge in [-0.3, -0.25) is 10.3 Å². The second kappa shape index (κ2) is 7.89. The van der Waals surface area contributed by atoms with Crippen molar-refractivity contribution in [3.8, 4) is 0 Å². The van der Waals surface area contributed by atoms with Crippen LogP contribution < -0.4 is 10.6 Å². The minimum atomic E-state index is -0.334. The van der Waals surface area contributed by atoms with Crippen molar-refractivity contribution < 1.29 is 4.79 Å². The third kappa shape index (κ3) is 4.77. The molecule has 2 heterocycles. The summed E-state index contributed by atoms with van der Waals surface area (Å²) in [6.45, 7) is 2.00. The minimum Gasteiger partial charge on any atom is -0.308 e. The van der Waals surface area contributed by atoms with Crippen molar-refractivity contribution in [1.82, 2.24) is 15.2 Å². The lowest BCUT2D eigenvalue weighted by Gasteiger charge is -2.04. The second-order valence-electron chi connectivity index (χ2n) is 4.97. The van der Waals surface area contributed by atoms with Gasteiger partial charge in [0.15, 0.2) is 4.34 Å². The van der Waals surface area contributed by atoms with Crippen molar-refractivity contribution in [2.24, 2.45) is 0 Å². The summed E-state index contributed by atoms with van der Waals surface area (Å²) in [7, 11) is 0. The molecule has 0 bridgehead atoms. The predicted molar refractivity (Wildman–Crippen MR) is 97.5 cm³/mol. The standard InChI is InChI=1S/C16H15N5OS2/c1-11-4-6-13(7-5-11)18-14(22)19-15-20-21-16(24-15)23-10-12-3-2-8-17-9-12/h2-9H,10H2,1H3,(H2,18,19,20,22). The fourth-order valence-corrected chi connectivity index (χ4v) is 3.52. The molecule has 0 saturated heterocycles. The molecular formula is C16H15N5OS2. The van der Waals surface area contributed by atoms with Crippen molar-refractivity contribution >= 4 is 39.9 Å². The number of amides is 2. The van der Waals surface area contributed by atoms with Gasteiger partial charge in [0.05, 0.1) is 0 Å². The van der Waals surface area contributed by atoms with Crippen LogP contribution in [0.15, 0.2) is 53.1 Å². The summed E-state index contributed by atoms with van der Waals surface area (Å²) in [5, 5.41) is 14.0. The lowest BCUT2D eigenvalue weighted by molar-refractivity contribution is 0.262. The third-order valence-corrected chi connectivity index (χ3v) is 5.06. The molecule has 0 spiro atoms. The molecule has 0 saturated carbocycles. The van der Waals surface area contributed by atoms with Gasteiger partial charge in [0.1, 0.15) is 0 Å². The smallest absolute Gasteiger partial charge is 0.308 e. The lowest BCUT2D eigenvalue weighted by atomic mass is 10.2. The number of urea groups is 1. The van der Waals surface area contributed by atoms with Gasteiger partial charge in [-0.05, 0) is 30.7 Å². The molecule has 0 aliphatic carbocycles. The molecule has 0 fully saturated rings. The summed E-state index contributed by atoms with van der Waals surface area (Å²) in [5.74, 6) is 0.762. The van der Waals surface area contributed by atoms with Crippen LogP contribution in [0.25, 0.3) is 0 Å². The minimum absolute atomic E-state index is 0.334. The molecule has 2 N–H and O–H groups in total. The third-order valence-electron chi connectivity index (χ3n) is 3.02. The Hall–Kier alpha value is -2.45. The molecule has 0 radical (unpaired) electrons. The number of anilines is 2. The first-order chi connectivity index (χ1) is 11.7. The van der Waals surface area contributed by atoms with Crippen LogP contribution in [0, 0.1) is 6.92 Å². The van der Waals surface area contributed by atoms with Crippen LogP contribution in [0.5, 0.6) is 0 Å². The van der Waals surface area contributed by atoms with E-state index in [4.69, 9.17) is 0 Å². The first-order valence-corrected chi connectivity index (χ1v) is 8.99. The van der Waals surface area contributed by atoms with Gasteiger partial charge in [-0.15, -0.1) is 10.2 Å². The summed E-state index contributed by atoms with van der Waals surface area (Å²) in [6.07, 6.45) is 3.57. The summed E-state index contributed by atoms with van der Waals surface area (Å²) in [5.41, 5.74) is 2.98. The topological polar surface area (TPSA) is 79.8 Å². The highest BCUT2D eigenvalue weighted by Gasteiger charge is 2.09. The predicted octanol–water partition coefficient (Wildman–Crippen LogP) is 4.18. The largest absolute Gasteiger partial charge is 0.325 e. The molecule has 3 rings (SSSR count). The lowest BCUT2D eigenvalue weighted by Crippen LogP contribution is -2.19. The molecule has 122 valence electrons. The average molecular weight is 357 g/mol. The maximum atomic E-state index is 12.0. The highest BCUT2D eigenvalue weighted by molar-refractivity contribution is 8.00. The van der Waals surface area contributed by atoms with E-state index < -0.39 is 0 Å². The van der Waals surface area contributed by atoms with Gasteiger partial charge in [0, 0.05) is 23.8 Å². The number of pyridine rings is 1. The Bertz CT molecular complexity index is 805. The van der Waals surface area contributed by atoms with Gasteiger partial charge >= 0.3 is 6.03 Å². The summed E-state index contributed by atoms with van der Waals surface area (Å²) < 4.78 is 0.796. The van der Waals surface area contributed by atoms with E-state index in [9.17, 15) is 4.79 Å². The van der Waals surface area contributed by atoms with Crippen LogP contribution in [0.4, 0.5) is 15.6 Å². The Morgan fingerprint density at radius 1 is 1.17 bits per heavy atom. The number of nitrogens with zero attached hydrogens (tertiary/aromatic N) is 3. The number of hydrogen-bond acceptors (Lipinski definition) is 6. The number of thioether (sulfide) groups is 1. The first kappa shape index (κ1) is 16.4. The van der Waals surface area contributed by atoms with Crippen LogP contribution >= 0.6 is 23.1 Å². The maximum Gasteiger partial charge on any atom is 0.325 e. The van der Waals surface area contributed by atoms with Crippen molar-refractivity contribution in [2.75, 3.05) is 10.6 Å². The molecule has 0 unspecified atom stereocenters. The summed E-state index contributed by atoms with van der Waals surface area (Å²) in [4.78, 5) is 16.0. The monoisotopic (exact) mass is 357 g/mol. The van der Waals surface area contributed by atoms with E-state index in [1.165, 1.54) is 11.3 Å². The van der Waals surface area contributed by atoms with E-state index in [2.05, 4.69) is 25.8 Å². The van der Waals surface area contributed by atoms with Crippen LogP contribution in [0.1, 0.15) is 11.1 Å².